The van der Waals surface area contributed by atoms with Crippen molar-refractivity contribution in [2.75, 3.05) is 27.3 Å². The molecule has 0 saturated carbocycles. The van der Waals surface area contributed by atoms with Gasteiger partial charge in [-0.3, -0.25) is 9.59 Å². The van der Waals surface area contributed by atoms with Crippen molar-refractivity contribution in [1.29, 1.82) is 0 Å². The lowest BCUT2D eigenvalue weighted by Crippen LogP contribution is -2.32. The van der Waals surface area contributed by atoms with Crippen LogP contribution in [0.2, 0.25) is 0 Å². The predicted molar refractivity (Wildman–Crippen MR) is 106 cm³/mol. The summed E-state index contributed by atoms with van der Waals surface area (Å²) >= 11 is 0. The number of nitrogens with one attached hydrogen (secondary N) is 1. The van der Waals surface area contributed by atoms with Crippen LogP contribution >= 0.6 is 0 Å². The van der Waals surface area contributed by atoms with Gasteiger partial charge in [0.1, 0.15) is 11.3 Å². The zero-order chi connectivity index (χ0) is 20.3. The molecule has 0 aliphatic heterocycles. The van der Waals surface area contributed by atoms with Crippen LogP contribution in [0.1, 0.15) is 40.3 Å². The molecule has 28 heavy (non-hydrogen) atoms. The first-order valence-corrected chi connectivity index (χ1v) is 9.07. The largest absolute Gasteiger partial charge is 0.497 e. The maximum atomic E-state index is 13.2. The normalized spacial score (nSPS) is 10.7. The molecule has 0 aliphatic carbocycles. The summed E-state index contributed by atoms with van der Waals surface area (Å²) in [6, 6.07) is 8.81. The molecular weight excluding hydrogens is 358 g/mol. The van der Waals surface area contributed by atoms with Gasteiger partial charge in [-0.15, -0.1) is 0 Å². The van der Waals surface area contributed by atoms with Crippen molar-refractivity contribution >= 4 is 22.6 Å². The standard InChI is InChI=1S/C21H23N3O4/c1-5-24(6-2)21(26)18-15(9-10-22-20(18)28-4)19(25)17-12-13-11-14(27-3)7-8-16(13)23-17/h7-12,23H,5-6H2,1-4H3. The second kappa shape index (κ2) is 8.12. The van der Waals surface area contributed by atoms with Gasteiger partial charge in [-0.25, -0.2) is 4.98 Å². The molecule has 0 radical (unpaired) electrons. The molecule has 7 heteroatoms. The minimum atomic E-state index is -0.300. The maximum absolute atomic E-state index is 13.2. The molecule has 0 aliphatic rings. The van der Waals surface area contributed by atoms with Gasteiger partial charge < -0.3 is 19.4 Å². The monoisotopic (exact) mass is 381 g/mol. The van der Waals surface area contributed by atoms with Crippen LogP contribution < -0.4 is 9.47 Å². The molecule has 1 N–H and O–H groups in total. The number of carbonyl (C=O) groups is 2. The van der Waals surface area contributed by atoms with Crippen LogP contribution in [0.3, 0.4) is 0 Å². The highest BCUT2D eigenvalue weighted by atomic mass is 16.5. The van der Waals surface area contributed by atoms with E-state index in [-0.39, 0.29) is 28.7 Å². The van der Waals surface area contributed by atoms with Crippen LogP contribution in [0.5, 0.6) is 11.6 Å². The molecule has 2 heterocycles. The Kier molecular flexibility index (Phi) is 5.63. The maximum Gasteiger partial charge on any atom is 0.260 e. The molecule has 1 aromatic carbocycles. The van der Waals surface area contributed by atoms with Crippen molar-refractivity contribution in [3.05, 3.63) is 53.3 Å². The molecule has 0 bridgehead atoms. The number of methoxy groups -OCH3 is 2. The van der Waals surface area contributed by atoms with Crippen LogP contribution in [-0.4, -0.2) is 53.9 Å². The third kappa shape index (κ3) is 3.43. The van der Waals surface area contributed by atoms with Crippen LogP contribution in [0.15, 0.2) is 36.5 Å². The minimum Gasteiger partial charge on any atom is -0.497 e. The SMILES string of the molecule is CCN(CC)C(=O)c1c(C(=O)c2cc3cc(OC)ccc3[nH]2)ccnc1OC. The van der Waals surface area contributed by atoms with Crippen molar-refractivity contribution in [2.24, 2.45) is 0 Å². The summed E-state index contributed by atoms with van der Waals surface area (Å²) in [5.74, 6) is 0.261. The van der Waals surface area contributed by atoms with Crippen molar-refractivity contribution in [3.8, 4) is 11.6 Å². The van der Waals surface area contributed by atoms with Crippen LogP contribution in [0, 0.1) is 0 Å². The molecule has 3 rings (SSSR count). The number of nitrogens with zero attached hydrogens (tertiary/aromatic N) is 2. The number of pyridine rings is 1. The number of rotatable bonds is 7. The van der Waals surface area contributed by atoms with E-state index in [2.05, 4.69) is 9.97 Å². The molecule has 0 saturated heterocycles. The molecule has 0 atom stereocenters. The van der Waals surface area contributed by atoms with Gasteiger partial charge in [0.15, 0.2) is 0 Å². The van der Waals surface area contributed by atoms with Gasteiger partial charge in [0.25, 0.3) is 5.91 Å². The number of hydrogen-bond donors (Lipinski definition) is 1. The first-order valence-electron chi connectivity index (χ1n) is 9.07. The number of aromatic amines is 1. The van der Waals surface area contributed by atoms with E-state index < -0.39 is 0 Å². The molecular formula is C21H23N3O4. The molecule has 0 fully saturated rings. The van der Waals surface area contributed by atoms with E-state index in [1.807, 2.05) is 32.0 Å². The number of amides is 1. The summed E-state index contributed by atoms with van der Waals surface area (Å²) in [4.78, 5) is 35.1. The number of ketones is 1. The van der Waals surface area contributed by atoms with Crippen LogP contribution in [-0.2, 0) is 0 Å². The van der Waals surface area contributed by atoms with E-state index in [4.69, 9.17) is 9.47 Å². The first-order chi connectivity index (χ1) is 13.5. The second-order valence-electron chi connectivity index (χ2n) is 6.19. The second-order valence-corrected chi connectivity index (χ2v) is 6.19. The van der Waals surface area contributed by atoms with Crippen LogP contribution in [0.4, 0.5) is 0 Å². The summed E-state index contributed by atoms with van der Waals surface area (Å²) < 4.78 is 10.5. The Hall–Kier alpha value is -3.35. The lowest BCUT2D eigenvalue weighted by molar-refractivity contribution is 0.0764. The minimum absolute atomic E-state index is 0.139. The summed E-state index contributed by atoms with van der Waals surface area (Å²) in [5, 5.41) is 0.848. The van der Waals surface area contributed by atoms with Gasteiger partial charge in [-0.05, 0) is 44.2 Å². The summed E-state index contributed by atoms with van der Waals surface area (Å²) in [6.07, 6.45) is 1.47. The Morgan fingerprint density at radius 3 is 2.46 bits per heavy atom. The lowest BCUT2D eigenvalue weighted by atomic mass is 10.0. The number of H-pyrrole nitrogens is 1. The molecule has 1 amide bonds. The van der Waals surface area contributed by atoms with E-state index in [1.54, 1.807) is 24.1 Å². The highest BCUT2D eigenvalue weighted by molar-refractivity contribution is 6.16. The predicted octanol–water partition coefficient (Wildman–Crippen LogP) is 3.29. The molecule has 7 nitrogen and oxygen atoms in total. The molecule has 2 aromatic heterocycles. The molecule has 0 spiro atoms. The van der Waals surface area contributed by atoms with Gasteiger partial charge in [-0.2, -0.15) is 0 Å². The van der Waals surface area contributed by atoms with Gasteiger partial charge in [0.05, 0.1) is 19.9 Å². The number of ether oxygens (including phenoxy) is 2. The number of hydrogen-bond acceptors (Lipinski definition) is 5. The van der Waals surface area contributed by atoms with E-state index in [9.17, 15) is 9.59 Å². The highest BCUT2D eigenvalue weighted by Gasteiger charge is 2.27. The first kappa shape index (κ1) is 19.4. The third-order valence-corrected chi connectivity index (χ3v) is 4.69. The van der Waals surface area contributed by atoms with Gasteiger partial charge in [0, 0.05) is 35.8 Å². The van der Waals surface area contributed by atoms with E-state index >= 15 is 0 Å². The third-order valence-electron chi connectivity index (χ3n) is 4.69. The fraction of sp³-hybridized carbons (Fsp3) is 0.286. The van der Waals surface area contributed by atoms with Gasteiger partial charge in [0.2, 0.25) is 11.7 Å². The zero-order valence-electron chi connectivity index (χ0n) is 16.4. The van der Waals surface area contributed by atoms with Crippen LogP contribution in [0.25, 0.3) is 10.9 Å². The Labute approximate surface area is 163 Å². The topological polar surface area (TPSA) is 84.5 Å². The number of fused-ring (bicyclic) bond motifs is 1. The number of benzene rings is 1. The summed E-state index contributed by atoms with van der Waals surface area (Å²) in [5.41, 5.74) is 1.61. The van der Waals surface area contributed by atoms with E-state index in [0.29, 0.717) is 24.5 Å². The fourth-order valence-corrected chi connectivity index (χ4v) is 3.17. The molecule has 146 valence electrons. The lowest BCUT2D eigenvalue weighted by Gasteiger charge is -2.21. The quantitative estimate of drug-likeness (QED) is 0.635. The van der Waals surface area contributed by atoms with Crippen molar-refractivity contribution in [1.82, 2.24) is 14.9 Å². The average molecular weight is 381 g/mol. The number of aromatic nitrogens is 2. The smallest absolute Gasteiger partial charge is 0.260 e. The van der Waals surface area contributed by atoms with E-state index in [1.165, 1.54) is 13.3 Å². The average Bonchev–Trinajstić information content (AvgIpc) is 3.16. The van der Waals surface area contributed by atoms with Crippen molar-refractivity contribution in [3.63, 3.8) is 0 Å². The fourth-order valence-electron chi connectivity index (χ4n) is 3.17. The Morgan fingerprint density at radius 1 is 1.07 bits per heavy atom. The molecule has 3 aromatic rings. The van der Waals surface area contributed by atoms with Crippen molar-refractivity contribution in [2.45, 2.75) is 13.8 Å². The van der Waals surface area contributed by atoms with E-state index in [0.717, 1.165) is 10.9 Å². The zero-order valence-corrected chi connectivity index (χ0v) is 16.4. The Bertz CT molecular complexity index is 1020. The van der Waals surface area contributed by atoms with Gasteiger partial charge >= 0.3 is 0 Å². The summed E-state index contributed by atoms with van der Waals surface area (Å²) in [7, 11) is 3.03. The van der Waals surface area contributed by atoms with Gasteiger partial charge in [-0.1, -0.05) is 0 Å². The molecule has 0 unspecified atom stereocenters. The Morgan fingerprint density at radius 2 is 1.82 bits per heavy atom. The number of carbonyl (C=O) groups excluding carboxylic acids is 2. The summed E-state index contributed by atoms with van der Waals surface area (Å²) in [6.45, 7) is 4.81. The Balaban J connectivity index is 2.10. The highest BCUT2D eigenvalue weighted by Crippen LogP contribution is 2.26. The van der Waals surface area contributed by atoms with Crippen molar-refractivity contribution < 1.29 is 19.1 Å².